The zero-order chi connectivity index (χ0) is 16.7. The monoisotopic (exact) mass is 314 g/mol. The lowest BCUT2D eigenvalue weighted by atomic mass is 10.2. The van der Waals surface area contributed by atoms with Crippen LogP contribution in [0.5, 0.6) is 5.75 Å². The van der Waals surface area contributed by atoms with Crippen molar-refractivity contribution in [2.75, 3.05) is 11.9 Å². The van der Waals surface area contributed by atoms with E-state index in [1.54, 1.807) is 0 Å². The summed E-state index contributed by atoms with van der Waals surface area (Å²) in [4.78, 5) is 21.9. The summed E-state index contributed by atoms with van der Waals surface area (Å²) in [5.41, 5.74) is 1.74. The summed E-state index contributed by atoms with van der Waals surface area (Å²) in [6, 6.07) is 13.4. The summed E-state index contributed by atoms with van der Waals surface area (Å²) in [7, 11) is 0. The molecule has 0 saturated carbocycles. The van der Waals surface area contributed by atoms with Gasteiger partial charge in [-0.25, -0.2) is 0 Å². The Labute approximate surface area is 134 Å². The maximum absolute atomic E-state index is 11.8. The van der Waals surface area contributed by atoms with Gasteiger partial charge in [0.2, 0.25) is 5.91 Å². The number of rotatable bonds is 7. The molecule has 0 fully saturated rings. The van der Waals surface area contributed by atoms with Crippen LogP contribution in [-0.2, 0) is 11.2 Å². The van der Waals surface area contributed by atoms with Crippen molar-refractivity contribution in [3.8, 4) is 5.75 Å². The van der Waals surface area contributed by atoms with Gasteiger partial charge in [-0.15, -0.1) is 0 Å². The van der Waals surface area contributed by atoms with Crippen molar-refractivity contribution in [1.82, 2.24) is 0 Å². The quantitative estimate of drug-likeness (QED) is 0.625. The fourth-order valence-electron chi connectivity index (χ4n) is 1.97. The standard InChI is InChI=1S/C17H18N2O4/c1-2-13-3-9-16(10-4-13)23-12-11-17(20)18-14-5-7-15(8-6-14)19(21)22/h3-10H,2,11-12H2,1H3,(H,18,20). The number of carbonyl (C=O) groups excluding carboxylic acids is 1. The third kappa shape index (κ3) is 5.10. The van der Waals surface area contributed by atoms with Crippen molar-refractivity contribution in [3.63, 3.8) is 0 Å². The average Bonchev–Trinajstić information content (AvgIpc) is 2.56. The summed E-state index contributed by atoms with van der Waals surface area (Å²) < 4.78 is 5.51. The highest BCUT2D eigenvalue weighted by molar-refractivity contribution is 5.90. The van der Waals surface area contributed by atoms with Crippen LogP contribution in [0.3, 0.4) is 0 Å². The van der Waals surface area contributed by atoms with Gasteiger partial charge in [0, 0.05) is 17.8 Å². The minimum atomic E-state index is -0.483. The first-order valence-electron chi connectivity index (χ1n) is 7.34. The zero-order valence-corrected chi connectivity index (χ0v) is 12.8. The van der Waals surface area contributed by atoms with Crippen LogP contribution in [0.15, 0.2) is 48.5 Å². The summed E-state index contributed by atoms with van der Waals surface area (Å²) >= 11 is 0. The van der Waals surface area contributed by atoms with Crippen LogP contribution in [0.2, 0.25) is 0 Å². The molecule has 2 rings (SSSR count). The number of ether oxygens (including phenoxy) is 1. The summed E-state index contributed by atoms with van der Waals surface area (Å²) in [5.74, 6) is 0.523. The molecule has 2 aromatic rings. The number of aryl methyl sites for hydroxylation is 1. The maximum atomic E-state index is 11.8. The molecular formula is C17H18N2O4. The topological polar surface area (TPSA) is 81.5 Å². The van der Waals surface area contributed by atoms with E-state index in [0.29, 0.717) is 5.69 Å². The highest BCUT2D eigenvalue weighted by Crippen LogP contribution is 2.16. The molecule has 6 heteroatoms. The van der Waals surface area contributed by atoms with Gasteiger partial charge in [0.05, 0.1) is 18.0 Å². The first kappa shape index (κ1) is 16.5. The molecule has 23 heavy (non-hydrogen) atoms. The summed E-state index contributed by atoms with van der Waals surface area (Å²) in [6.45, 7) is 2.35. The Balaban J connectivity index is 1.77. The van der Waals surface area contributed by atoms with Gasteiger partial charge < -0.3 is 10.1 Å². The normalized spacial score (nSPS) is 10.1. The average molecular weight is 314 g/mol. The van der Waals surface area contributed by atoms with Crippen LogP contribution in [0.1, 0.15) is 18.9 Å². The van der Waals surface area contributed by atoms with Crippen LogP contribution in [0, 0.1) is 10.1 Å². The van der Waals surface area contributed by atoms with E-state index in [9.17, 15) is 14.9 Å². The van der Waals surface area contributed by atoms with Gasteiger partial charge in [-0.1, -0.05) is 19.1 Å². The molecule has 0 spiro atoms. The Morgan fingerprint density at radius 1 is 1.13 bits per heavy atom. The lowest BCUT2D eigenvalue weighted by molar-refractivity contribution is -0.384. The Kier molecular flexibility index (Phi) is 5.68. The molecular weight excluding hydrogens is 296 g/mol. The van der Waals surface area contributed by atoms with Crippen molar-refractivity contribution in [2.24, 2.45) is 0 Å². The molecule has 0 heterocycles. The molecule has 0 radical (unpaired) electrons. The van der Waals surface area contributed by atoms with E-state index in [-0.39, 0.29) is 24.6 Å². The number of hydrogen-bond donors (Lipinski definition) is 1. The number of hydrogen-bond acceptors (Lipinski definition) is 4. The fraction of sp³-hybridized carbons (Fsp3) is 0.235. The Hall–Kier alpha value is -2.89. The van der Waals surface area contributed by atoms with Gasteiger partial charge in [-0.3, -0.25) is 14.9 Å². The summed E-state index contributed by atoms with van der Waals surface area (Å²) in [6.07, 6.45) is 1.17. The molecule has 0 unspecified atom stereocenters. The van der Waals surface area contributed by atoms with Crippen LogP contribution in [0.4, 0.5) is 11.4 Å². The minimum Gasteiger partial charge on any atom is -0.493 e. The van der Waals surface area contributed by atoms with Crippen molar-refractivity contribution in [2.45, 2.75) is 19.8 Å². The van der Waals surface area contributed by atoms with E-state index in [1.807, 2.05) is 24.3 Å². The van der Waals surface area contributed by atoms with Crippen LogP contribution >= 0.6 is 0 Å². The maximum Gasteiger partial charge on any atom is 0.269 e. The Morgan fingerprint density at radius 3 is 2.35 bits per heavy atom. The van der Waals surface area contributed by atoms with Crippen molar-refractivity contribution >= 4 is 17.3 Å². The van der Waals surface area contributed by atoms with Crippen molar-refractivity contribution < 1.29 is 14.5 Å². The van der Waals surface area contributed by atoms with Gasteiger partial charge in [-0.2, -0.15) is 0 Å². The van der Waals surface area contributed by atoms with Crippen LogP contribution in [0.25, 0.3) is 0 Å². The van der Waals surface area contributed by atoms with E-state index in [2.05, 4.69) is 12.2 Å². The summed E-state index contributed by atoms with van der Waals surface area (Å²) in [5, 5.41) is 13.2. The van der Waals surface area contributed by atoms with Crippen molar-refractivity contribution in [3.05, 3.63) is 64.2 Å². The van der Waals surface area contributed by atoms with E-state index in [1.165, 1.54) is 29.8 Å². The molecule has 0 saturated heterocycles. The second-order valence-corrected chi connectivity index (χ2v) is 4.95. The van der Waals surface area contributed by atoms with Gasteiger partial charge in [0.25, 0.3) is 5.69 Å². The number of anilines is 1. The van der Waals surface area contributed by atoms with Crippen LogP contribution in [-0.4, -0.2) is 17.4 Å². The Morgan fingerprint density at radius 2 is 1.78 bits per heavy atom. The molecule has 0 aromatic heterocycles. The molecule has 6 nitrogen and oxygen atoms in total. The van der Waals surface area contributed by atoms with E-state index < -0.39 is 4.92 Å². The largest absolute Gasteiger partial charge is 0.493 e. The first-order valence-corrected chi connectivity index (χ1v) is 7.34. The molecule has 0 aliphatic heterocycles. The number of nitrogens with one attached hydrogen (secondary N) is 1. The number of carbonyl (C=O) groups is 1. The highest BCUT2D eigenvalue weighted by atomic mass is 16.6. The van der Waals surface area contributed by atoms with Crippen molar-refractivity contribution in [1.29, 1.82) is 0 Å². The number of non-ortho nitro benzene ring substituents is 1. The lowest BCUT2D eigenvalue weighted by Gasteiger charge is -2.08. The predicted octanol–water partition coefficient (Wildman–Crippen LogP) is 3.56. The molecule has 120 valence electrons. The van der Waals surface area contributed by atoms with E-state index >= 15 is 0 Å². The smallest absolute Gasteiger partial charge is 0.269 e. The second kappa shape index (κ2) is 7.93. The number of amides is 1. The predicted molar refractivity (Wildman–Crippen MR) is 87.7 cm³/mol. The molecule has 0 aliphatic carbocycles. The second-order valence-electron chi connectivity index (χ2n) is 4.95. The van der Waals surface area contributed by atoms with Gasteiger partial charge in [-0.05, 0) is 36.2 Å². The molecule has 0 aliphatic rings. The third-order valence-corrected chi connectivity index (χ3v) is 3.29. The molecule has 0 bridgehead atoms. The number of benzene rings is 2. The number of nitro groups is 1. The van der Waals surface area contributed by atoms with E-state index in [0.717, 1.165) is 12.2 Å². The van der Waals surface area contributed by atoms with Gasteiger partial charge >= 0.3 is 0 Å². The number of nitrogens with zero attached hydrogens (tertiary/aromatic N) is 1. The highest BCUT2D eigenvalue weighted by Gasteiger charge is 2.06. The minimum absolute atomic E-state index is 0.0122. The third-order valence-electron chi connectivity index (χ3n) is 3.29. The van der Waals surface area contributed by atoms with E-state index in [4.69, 9.17) is 4.74 Å². The fourth-order valence-corrected chi connectivity index (χ4v) is 1.97. The van der Waals surface area contributed by atoms with Crippen LogP contribution < -0.4 is 10.1 Å². The zero-order valence-electron chi connectivity index (χ0n) is 12.8. The molecule has 0 atom stereocenters. The Bertz CT molecular complexity index is 666. The number of nitro benzene ring substituents is 1. The molecule has 1 amide bonds. The SMILES string of the molecule is CCc1ccc(OCCC(=O)Nc2ccc([N+](=O)[O-])cc2)cc1. The molecule has 2 aromatic carbocycles. The lowest BCUT2D eigenvalue weighted by Crippen LogP contribution is -2.15. The first-order chi connectivity index (χ1) is 11.1. The van der Waals surface area contributed by atoms with Gasteiger partial charge in [0.15, 0.2) is 0 Å². The van der Waals surface area contributed by atoms with Gasteiger partial charge in [0.1, 0.15) is 5.75 Å². The molecule has 1 N–H and O–H groups in total.